The van der Waals surface area contributed by atoms with Crippen LogP contribution in [0.4, 0.5) is 13.2 Å². The zero-order valence-electron chi connectivity index (χ0n) is 7.72. The van der Waals surface area contributed by atoms with Crippen LogP contribution in [-0.2, 0) is 0 Å². The molecule has 0 spiro atoms. The summed E-state index contributed by atoms with van der Waals surface area (Å²) in [4.78, 5) is 3.86. The first-order chi connectivity index (χ1) is 6.61. The van der Waals surface area contributed by atoms with Crippen molar-refractivity contribution in [3.63, 3.8) is 0 Å². The quantitative estimate of drug-likeness (QED) is 0.573. The van der Waals surface area contributed by atoms with Crippen molar-refractivity contribution in [2.45, 2.75) is 25.4 Å². The molecule has 0 aromatic rings. The molecular formula is C10H12F3N. The molecule has 1 rings (SSSR count). The van der Waals surface area contributed by atoms with Crippen LogP contribution in [0.25, 0.3) is 0 Å². The summed E-state index contributed by atoms with van der Waals surface area (Å²) in [5.41, 5.74) is -0.636. The number of allylic oxidation sites excluding steroid dienone is 4. The Labute approximate surface area is 81.0 Å². The lowest BCUT2D eigenvalue weighted by Gasteiger charge is -2.06. The van der Waals surface area contributed by atoms with E-state index in [1.807, 2.05) is 0 Å². The SMILES string of the molecule is FC(F)(F)C1=C/C=NCCCC\C=C\1. The maximum atomic E-state index is 12.3. The number of alkyl halides is 3. The summed E-state index contributed by atoms with van der Waals surface area (Å²) in [5.74, 6) is 0. The predicted molar refractivity (Wildman–Crippen MR) is 50.5 cm³/mol. The molecule has 0 radical (unpaired) electrons. The first-order valence-electron chi connectivity index (χ1n) is 4.54. The average Bonchev–Trinajstić information content (AvgIpc) is 2.12. The number of hydrogen-bond donors (Lipinski definition) is 0. The molecule has 0 aromatic carbocycles. The maximum Gasteiger partial charge on any atom is 0.416 e. The monoisotopic (exact) mass is 203 g/mol. The Bertz CT molecular complexity index is 261. The molecule has 1 heterocycles. The van der Waals surface area contributed by atoms with Gasteiger partial charge in [0, 0.05) is 12.8 Å². The van der Waals surface area contributed by atoms with E-state index in [0.29, 0.717) is 13.0 Å². The van der Waals surface area contributed by atoms with Gasteiger partial charge in [-0.15, -0.1) is 0 Å². The Balaban J connectivity index is 2.81. The molecule has 1 aliphatic rings. The van der Waals surface area contributed by atoms with Gasteiger partial charge in [-0.3, -0.25) is 4.99 Å². The van der Waals surface area contributed by atoms with Crippen LogP contribution < -0.4 is 0 Å². The van der Waals surface area contributed by atoms with Gasteiger partial charge in [-0.25, -0.2) is 0 Å². The van der Waals surface area contributed by atoms with Crippen molar-refractivity contribution in [2.75, 3.05) is 6.54 Å². The van der Waals surface area contributed by atoms with E-state index in [1.54, 1.807) is 6.08 Å². The standard InChI is InChI=1S/C10H12F3N/c11-10(12,13)9-5-3-1-2-4-7-14-8-6-9/h3,5-6,8H,1-2,4,7H2/b5-3+,9-6+,14-8?. The molecule has 1 aliphatic heterocycles. The molecule has 0 fully saturated rings. The number of halogens is 3. The van der Waals surface area contributed by atoms with Crippen LogP contribution in [0.1, 0.15) is 19.3 Å². The molecule has 4 heteroatoms. The van der Waals surface area contributed by atoms with Gasteiger partial charge in [-0.1, -0.05) is 12.2 Å². The van der Waals surface area contributed by atoms with Gasteiger partial charge in [-0.05, 0) is 25.3 Å². The van der Waals surface area contributed by atoms with Crippen molar-refractivity contribution < 1.29 is 13.2 Å². The highest BCUT2D eigenvalue weighted by molar-refractivity contribution is 5.73. The minimum Gasteiger partial charge on any atom is -0.293 e. The van der Waals surface area contributed by atoms with E-state index < -0.39 is 11.7 Å². The molecule has 0 amide bonds. The van der Waals surface area contributed by atoms with Gasteiger partial charge in [-0.2, -0.15) is 13.2 Å². The highest BCUT2D eigenvalue weighted by Crippen LogP contribution is 2.26. The third kappa shape index (κ3) is 3.77. The Kier molecular flexibility index (Phi) is 3.92. The van der Waals surface area contributed by atoms with E-state index in [2.05, 4.69) is 4.99 Å². The normalized spacial score (nSPS) is 25.2. The van der Waals surface area contributed by atoms with E-state index in [1.165, 1.54) is 6.21 Å². The summed E-state index contributed by atoms with van der Waals surface area (Å²) in [6.45, 7) is 0.607. The molecule has 78 valence electrons. The zero-order valence-corrected chi connectivity index (χ0v) is 7.72. The van der Waals surface area contributed by atoms with Gasteiger partial charge >= 0.3 is 6.18 Å². The van der Waals surface area contributed by atoms with E-state index >= 15 is 0 Å². The summed E-state index contributed by atoms with van der Waals surface area (Å²) >= 11 is 0. The van der Waals surface area contributed by atoms with Crippen molar-refractivity contribution >= 4 is 6.21 Å². The Morgan fingerprint density at radius 3 is 2.71 bits per heavy atom. The number of hydrogen-bond acceptors (Lipinski definition) is 1. The van der Waals surface area contributed by atoms with Crippen LogP contribution in [0.3, 0.4) is 0 Å². The van der Waals surface area contributed by atoms with E-state index in [9.17, 15) is 13.2 Å². The van der Waals surface area contributed by atoms with Crippen LogP contribution in [0.5, 0.6) is 0 Å². The molecule has 0 aliphatic carbocycles. The van der Waals surface area contributed by atoms with Crippen molar-refractivity contribution in [2.24, 2.45) is 4.99 Å². The van der Waals surface area contributed by atoms with Crippen molar-refractivity contribution in [1.29, 1.82) is 0 Å². The number of rotatable bonds is 0. The van der Waals surface area contributed by atoms with E-state index in [4.69, 9.17) is 0 Å². The minimum absolute atomic E-state index is 0.607. The Morgan fingerprint density at radius 2 is 2.00 bits per heavy atom. The summed E-state index contributed by atoms with van der Waals surface area (Å²) in [5, 5.41) is 0. The van der Waals surface area contributed by atoms with Gasteiger partial charge < -0.3 is 0 Å². The zero-order chi connectivity index (χ0) is 10.4. The number of nitrogens with zero attached hydrogens (tertiary/aromatic N) is 1. The highest BCUT2D eigenvalue weighted by Gasteiger charge is 2.31. The van der Waals surface area contributed by atoms with Crippen LogP contribution >= 0.6 is 0 Å². The smallest absolute Gasteiger partial charge is 0.293 e. The van der Waals surface area contributed by atoms with Crippen LogP contribution in [0, 0.1) is 0 Å². The first kappa shape index (κ1) is 11.0. The second kappa shape index (κ2) is 4.98. The number of aliphatic imine (C=N–C) groups is 1. The molecule has 0 bridgehead atoms. The van der Waals surface area contributed by atoms with E-state index in [0.717, 1.165) is 25.0 Å². The molecule has 0 aromatic heterocycles. The topological polar surface area (TPSA) is 12.4 Å². The molecule has 1 nitrogen and oxygen atoms in total. The maximum absolute atomic E-state index is 12.3. The van der Waals surface area contributed by atoms with Gasteiger partial charge in [0.1, 0.15) is 0 Å². The predicted octanol–water partition coefficient (Wildman–Crippen LogP) is 3.29. The lowest BCUT2D eigenvalue weighted by atomic mass is 10.1. The first-order valence-corrected chi connectivity index (χ1v) is 4.54. The minimum atomic E-state index is -4.28. The molecular weight excluding hydrogens is 191 g/mol. The van der Waals surface area contributed by atoms with Crippen LogP contribution in [0.2, 0.25) is 0 Å². The molecule has 14 heavy (non-hydrogen) atoms. The lowest BCUT2D eigenvalue weighted by molar-refractivity contribution is -0.0880. The Hall–Kier alpha value is -1.06. The third-order valence-corrected chi connectivity index (χ3v) is 1.89. The molecule has 0 saturated carbocycles. The molecule has 0 saturated heterocycles. The van der Waals surface area contributed by atoms with Gasteiger partial charge in [0.15, 0.2) is 0 Å². The summed E-state index contributed by atoms with van der Waals surface area (Å²) in [6, 6.07) is 0. The van der Waals surface area contributed by atoms with Crippen molar-refractivity contribution in [1.82, 2.24) is 0 Å². The third-order valence-electron chi connectivity index (χ3n) is 1.89. The lowest BCUT2D eigenvalue weighted by Crippen LogP contribution is -2.10. The van der Waals surface area contributed by atoms with Crippen molar-refractivity contribution in [3.05, 3.63) is 23.8 Å². The second-order valence-corrected chi connectivity index (χ2v) is 3.07. The molecule has 0 N–H and O–H groups in total. The summed E-state index contributed by atoms with van der Waals surface area (Å²) < 4.78 is 36.9. The summed E-state index contributed by atoms with van der Waals surface area (Å²) in [6.07, 6.45) is 3.16. The second-order valence-electron chi connectivity index (χ2n) is 3.07. The van der Waals surface area contributed by atoms with Gasteiger partial charge in [0.2, 0.25) is 0 Å². The van der Waals surface area contributed by atoms with Gasteiger partial charge in [0.05, 0.1) is 5.57 Å². The summed E-state index contributed by atoms with van der Waals surface area (Å²) in [7, 11) is 0. The fourth-order valence-corrected chi connectivity index (χ4v) is 1.13. The molecule has 0 unspecified atom stereocenters. The average molecular weight is 203 g/mol. The van der Waals surface area contributed by atoms with Crippen LogP contribution in [-0.4, -0.2) is 18.9 Å². The highest BCUT2D eigenvalue weighted by atomic mass is 19.4. The van der Waals surface area contributed by atoms with Crippen LogP contribution in [0.15, 0.2) is 28.8 Å². The van der Waals surface area contributed by atoms with E-state index in [-0.39, 0.29) is 0 Å². The largest absolute Gasteiger partial charge is 0.416 e. The fourth-order valence-electron chi connectivity index (χ4n) is 1.13. The van der Waals surface area contributed by atoms with Gasteiger partial charge in [0.25, 0.3) is 0 Å². The Morgan fingerprint density at radius 1 is 1.21 bits per heavy atom. The fraction of sp³-hybridized carbons (Fsp3) is 0.500. The molecule has 0 atom stereocenters. The van der Waals surface area contributed by atoms with Crippen molar-refractivity contribution in [3.8, 4) is 0 Å².